The summed E-state index contributed by atoms with van der Waals surface area (Å²) in [4.78, 5) is 1.35. The lowest BCUT2D eigenvalue weighted by Gasteiger charge is -2.19. The molecule has 1 aromatic carbocycles. The molecule has 19 heavy (non-hydrogen) atoms. The summed E-state index contributed by atoms with van der Waals surface area (Å²) in [6.07, 6.45) is 0.523. The SMILES string of the molecule is CC(O)CC(CNCc1cccs1)c1ccccc1. The largest absolute Gasteiger partial charge is 0.393 e. The Morgan fingerprint density at radius 1 is 1.16 bits per heavy atom. The molecular formula is C16H21NOS. The third-order valence-corrected chi connectivity index (χ3v) is 4.04. The van der Waals surface area contributed by atoms with Crippen LogP contribution in [0.3, 0.4) is 0 Å². The van der Waals surface area contributed by atoms with Gasteiger partial charge in [0.2, 0.25) is 0 Å². The Bertz CT molecular complexity index is 453. The van der Waals surface area contributed by atoms with Gasteiger partial charge in [0.25, 0.3) is 0 Å². The van der Waals surface area contributed by atoms with Gasteiger partial charge in [-0.2, -0.15) is 0 Å². The maximum atomic E-state index is 9.64. The summed E-state index contributed by atoms with van der Waals surface area (Å²) in [6, 6.07) is 14.6. The van der Waals surface area contributed by atoms with Gasteiger partial charge in [-0.3, -0.25) is 0 Å². The normalized spacial score (nSPS) is 14.2. The van der Waals surface area contributed by atoms with Crippen molar-refractivity contribution < 1.29 is 5.11 Å². The van der Waals surface area contributed by atoms with Crippen LogP contribution < -0.4 is 5.32 Å². The zero-order valence-corrected chi connectivity index (χ0v) is 12.1. The van der Waals surface area contributed by atoms with Crippen LogP contribution in [-0.4, -0.2) is 17.8 Å². The van der Waals surface area contributed by atoms with Crippen LogP contribution in [0, 0.1) is 0 Å². The molecule has 3 heteroatoms. The van der Waals surface area contributed by atoms with Gasteiger partial charge in [-0.25, -0.2) is 0 Å². The van der Waals surface area contributed by atoms with Crippen molar-refractivity contribution in [2.45, 2.75) is 31.9 Å². The quantitative estimate of drug-likeness (QED) is 0.812. The van der Waals surface area contributed by atoms with Crippen LogP contribution in [0.5, 0.6) is 0 Å². The third kappa shape index (κ3) is 4.78. The minimum atomic E-state index is -0.270. The highest BCUT2D eigenvalue weighted by molar-refractivity contribution is 7.09. The first-order valence-corrected chi connectivity index (χ1v) is 7.60. The Labute approximate surface area is 119 Å². The summed E-state index contributed by atoms with van der Waals surface area (Å²) in [7, 11) is 0. The number of aliphatic hydroxyl groups excluding tert-OH is 1. The monoisotopic (exact) mass is 275 g/mol. The Morgan fingerprint density at radius 2 is 1.95 bits per heavy atom. The molecule has 2 nitrogen and oxygen atoms in total. The molecule has 0 amide bonds. The van der Waals surface area contributed by atoms with Crippen molar-refractivity contribution in [1.82, 2.24) is 5.32 Å². The Balaban J connectivity index is 1.91. The number of hydrogen-bond acceptors (Lipinski definition) is 3. The van der Waals surface area contributed by atoms with Crippen LogP contribution in [0.25, 0.3) is 0 Å². The number of hydrogen-bond donors (Lipinski definition) is 2. The molecule has 0 saturated heterocycles. The van der Waals surface area contributed by atoms with Crippen molar-refractivity contribution in [3.63, 3.8) is 0 Å². The van der Waals surface area contributed by atoms with Gasteiger partial charge in [0.15, 0.2) is 0 Å². The highest BCUT2D eigenvalue weighted by Crippen LogP contribution is 2.20. The maximum absolute atomic E-state index is 9.64. The molecule has 0 aliphatic carbocycles. The van der Waals surface area contributed by atoms with E-state index in [1.807, 2.05) is 13.0 Å². The molecule has 2 atom stereocenters. The van der Waals surface area contributed by atoms with Crippen LogP contribution in [-0.2, 0) is 6.54 Å². The van der Waals surface area contributed by atoms with Crippen molar-refractivity contribution >= 4 is 11.3 Å². The van der Waals surface area contributed by atoms with E-state index in [0.29, 0.717) is 5.92 Å². The lowest BCUT2D eigenvalue weighted by atomic mass is 9.93. The van der Waals surface area contributed by atoms with Gasteiger partial charge in [-0.1, -0.05) is 36.4 Å². The number of benzene rings is 1. The van der Waals surface area contributed by atoms with E-state index in [2.05, 4.69) is 47.1 Å². The van der Waals surface area contributed by atoms with E-state index < -0.39 is 0 Å². The van der Waals surface area contributed by atoms with Crippen molar-refractivity contribution in [1.29, 1.82) is 0 Å². The smallest absolute Gasteiger partial charge is 0.0518 e. The fourth-order valence-corrected chi connectivity index (χ4v) is 2.93. The summed E-state index contributed by atoms with van der Waals surface area (Å²) in [5, 5.41) is 15.2. The molecule has 0 spiro atoms. The zero-order chi connectivity index (χ0) is 13.5. The van der Waals surface area contributed by atoms with E-state index in [4.69, 9.17) is 0 Å². The highest BCUT2D eigenvalue weighted by Gasteiger charge is 2.13. The Kier molecular flexibility index (Phi) is 5.58. The summed E-state index contributed by atoms with van der Waals surface area (Å²) >= 11 is 1.77. The van der Waals surface area contributed by atoms with E-state index in [1.165, 1.54) is 10.4 Å². The van der Waals surface area contributed by atoms with Crippen molar-refractivity contribution in [3.8, 4) is 0 Å². The van der Waals surface area contributed by atoms with Gasteiger partial charge in [-0.15, -0.1) is 11.3 Å². The average molecular weight is 275 g/mol. The van der Waals surface area contributed by atoms with Crippen molar-refractivity contribution in [2.75, 3.05) is 6.54 Å². The molecule has 0 aliphatic heterocycles. The summed E-state index contributed by atoms with van der Waals surface area (Å²) in [6.45, 7) is 3.66. The van der Waals surface area contributed by atoms with Crippen LogP contribution in [0.1, 0.15) is 29.7 Å². The van der Waals surface area contributed by atoms with E-state index in [9.17, 15) is 5.11 Å². The first-order chi connectivity index (χ1) is 9.25. The van der Waals surface area contributed by atoms with Gasteiger partial charge in [0.05, 0.1) is 6.10 Å². The first-order valence-electron chi connectivity index (χ1n) is 6.72. The molecule has 1 heterocycles. The van der Waals surface area contributed by atoms with Crippen LogP contribution in [0.2, 0.25) is 0 Å². The molecule has 2 aromatic rings. The molecule has 2 rings (SSSR count). The maximum Gasteiger partial charge on any atom is 0.0518 e. The molecule has 2 unspecified atom stereocenters. The first kappa shape index (κ1) is 14.3. The summed E-state index contributed by atoms with van der Waals surface area (Å²) in [5.41, 5.74) is 1.29. The average Bonchev–Trinajstić information content (AvgIpc) is 2.91. The predicted molar refractivity (Wildman–Crippen MR) is 81.5 cm³/mol. The van der Waals surface area contributed by atoms with Crippen LogP contribution in [0.4, 0.5) is 0 Å². The van der Waals surface area contributed by atoms with E-state index in [0.717, 1.165) is 19.5 Å². The fourth-order valence-electron chi connectivity index (χ4n) is 2.26. The summed E-state index contributed by atoms with van der Waals surface area (Å²) < 4.78 is 0. The Morgan fingerprint density at radius 3 is 2.58 bits per heavy atom. The van der Waals surface area contributed by atoms with Gasteiger partial charge >= 0.3 is 0 Å². The topological polar surface area (TPSA) is 32.3 Å². The predicted octanol–water partition coefficient (Wildman–Crippen LogP) is 3.39. The van der Waals surface area contributed by atoms with E-state index in [1.54, 1.807) is 11.3 Å². The second kappa shape index (κ2) is 7.43. The van der Waals surface area contributed by atoms with Crippen LogP contribution >= 0.6 is 11.3 Å². The molecule has 0 fully saturated rings. The number of thiophene rings is 1. The van der Waals surface area contributed by atoms with Gasteiger partial charge in [-0.05, 0) is 36.3 Å². The molecule has 0 aliphatic rings. The minimum Gasteiger partial charge on any atom is -0.393 e. The van der Waals surface area contributed by atoms with Crippen LogP contribution in [0.15, 0.2) is 47.8 Å². The molecular weight excluding hydrogens is 254 g/mol. The molecule has 0 bridgehead atoms. The Hall–Kier alpha value is -1.16. The number of nitrogens with one attached hydrogen (secondary N) is 1. The fraction of sp³-hybridized carbons (Fsp3) is 0.375. The zero-order valence-electron chi connectivity index (χ0n) is 11.3. The molecule has 1 aromatic heterocycles. The second-order valence-corrected chi connectivity index (χ2v) is 5.93. The van der Waals surface area contributed by atoms with Crippen molar-refractivity contribution in [3.05, 3.63) is 58.3 Å². The van der Waals surface area contributed by atoms with Gasteiger partial charge in [0.1, 0.15) is 0 Å². The number of aliphatic hydroxyl groups is 1. The second-order valence-electron chi connectivity index (χ2n) is 4.90. The molecule has 2 N–H and O–H groups in total. The third-order valence-electron chi connectivity index (χ3n) is 3.17. The van der Waals surface area contributed by atoms with E-state index in [-0.39, 0.29) is 6.10 Å². The standard InChI is InChI=1S/C16H21NOS/c1-13(18)10-15(14-6-3-2-4-7-14)11-17-12-16-8-5-9-19-16/h2-9,13,15,17-18H,10-12H2,1H3. The lowest BCUT2D eigenvalue weighted by Crippen LogP contribution is -2.23. The van der Waals surface area contributed by atoms with E-state index >= 15 is 0 Å². The molecule has 0 radical (unpaired) electrons. The van der Waals surface area contributed by atoms with Crippen molar-refractivity contribution in [2.24, 2.45) is 0 Å². The van der Waals surface area contributed by atoms with Gasteiger partial charge < -0.3 is 10.4 Å². The highest BCUT2D eigenvalue weighted by atomic mass is 32.1. The van der Waals surface area contributed by atoms with Gasteiger partial charge in [0, 0.05) is 18.0 Å². The molecule has 0 saturated carbocycles. The molecule has 102 valence electrons. The minimum absolute atomic E-state index is 0.270. The summed E-state index contributed by atoms with van der Waals surface area (Å²) in [5.74, 6) is 0.362. The lowest BCUT2D eigenvalue weighted by molar-refractivity contribution is 0.173. The number of rotatable bonds is 7.